The van der Waals surface area contributed by atoms with Gasteiger partial charge in [-0.05, 0) is 25.7 Å². The molecule has 0 saturated carbocycles. The molecule has 0 saturated heterocycles. The Bertz CT molecular complexity index is 384. The van der Waals surface area contributed by atoms with Gasteiger partial charge < -0.3 is 10.4 Å². The Morgan fingerprint density at radius 2 is 1.30 bits per heavy atom. The van der Waals surface area contributed by atoms with Crippen molar-refractivity contribution < 1.29 is 9.90 Å². The van der Waals surface area contributed by atoms with Gasteiger partial charge in [-0.25, -0.2) is 0 Å². The molecule has 0 aromatic heterocycles. The van der Waals surface area contributed by atoms with E-state index in [9.17, 15) is 9.90 Å². The number of hydrogen-bond acceptors (Lipinski definition) is 2. The number of aliphatic hydroxyl groups excluding tert-OH is 1. The quantitative estimate of drug-likeness (QED) is 0.222. The largest absolute Gasteiger partial charge is 0.394 e. The molecular formula is C24H45NO2. The fraction of sp³-hybridized carbons (Fsp3) is 0.875. The van der Waals surface area contributed by atoms with Gasteiger partial charge >= 0.3 is 0 Å². The third kappa shape index (κ3) is 19.6. The molecular weight excluding hydrogens is 334 g/mol. The lowest BCUT2D eigenvalue weighted by Gasteiger charge is -2.15. The second kappa shape index (κ2) is 21.3. The Morgan fingerprint density at radius 3 is 1.85 bits per heavy atom. The molecule has 0 heterocycles. The van der Waals surface area contributed by atoms with Gasteiger partial charge in [0.15, 0.2) is 0 Å². The summed E-state index contributed by atoms with van der Waals surface area (Å²) in [5.41, 5.74) is 0. The molecule has 0 aliphatic rings. The standard InChI is InChI=1S/C24H45NO2/c1-3-5-7-8-9-10-11-12-13-14-15-16-17-18-19-21-24(27)25-23(22-26)20-6-4-2/h23,26H,3-11,14-22H2,1-2H3,(H,25,27)/t23-/m1/s1. The van der Waals surface area contributed by atoms with Gasteiger partial charge in [0, 0.05) is 19.3 Å². The molecule has 3 nitrogen and oxygen atoms in total. The summed E-state index contributed by atoms with van der Waals surface area (Å²) in [6.07, 6.45) is 19.3. The van der Waals surface area contributed by atoms with Crippen LogP contribution in [0.5, 0.6) is 0 Å². The number of hydrogen-bond donors (Lipinski definition) is 2. The second-order valence-corrected chi connectivity index (χ2v) is 7.73. The normalized spacial score (nSPS) is 11.7. The molecule has 27 heavy (non-hydrogen) atoms. The Morgan fingerprint density at radius 1 is 0.778 bits per heavy atom. The highest BCUT2D eigenvalue weighted by Gasteiger charge is 2.10. The van der Waals surface area contributed by atoms with Crippen LogP contribution in [-0.2, 0) is 4.79 Å². The highest BCUT2D eigenvalue weighted by atomic mass is 16.3. The Hall–Kier alpha value is -1.01. The highest BCUT2D eigenvalue weighted by molar-refractivity contribution is 5.76. The molecule has 0 unspecified atom stereocenters. The van der Waals surface area contributed by atoms with Crippen molar-refractivity contribution in [3.63, 3.8) is 0 Å². The summed E-state index contributed by atoms with van der Waals surface area (Å²) in [7, 11) is 0. The Labute approximate surface area is 169 Å². The zero-order valence-corrected chi connectivity index (χ0v) is 18.2. The lowest BCUT2D eigenvalue weighted by Crippen LogP contribution is -2.37. The van der Waals surface area contributed by atoms with Crippen LogP contribution >= 0.6 is 0 Å². The molecule has 0 aromatic carbocycles. The number of rotatable bonds is 18. The average molecular weight is 380 g/mol. The van der Waals surface area contributed by atoms with Crippen LogP contribution < -0.4 is 5.32 Å². The van der Waals surface area contributed by atoms with E-state index in [0.29, 0.717) is 6.42 Å². The fourth-order valence-corrected chi connectivity index (χ4v) is 3.16. The van der Waals surface area contributed by atoms with Gasteiger partial charge in [-0.15, -0.1) is 11.8 Å². The van der Waals surface area contributed by atoms with E-state index in [0.717, 1.165) is 44.9 Å². The van der Waals surface area contributed by atoms with Crippen molar-refractivity contribution in [3.05, 3.63) is 0 Å². The maximum Gasteiger partial charge on any atom is 0.220 e. The van der Waals surface area contributed by atoms with Gasteiger partial charge in [0.05, 0.1) is 12.6 Å². The van der Waals surface area contributed by atoms with Crippen LogP contribution in [0.15, 0.2) is 0 Å². The van der Waals surface area contributed by atoms with Crippen molar-refractivity contribution in [3.8, 4) is 11.8 Å². The average Bonchev–Trinajstić information content (AvgIpc) is 2.68. The first-order valence-electron chi connectivity index (χ1n) is 11.6. The van der Waals surface area contributed by atoms with Gasteiger partial charge in [0.2, 0.25) is 5.91 Å². The summed E-state index contributed by atoms with van der Waals surface area (Å²) in [5.74, 6) is 6.70. The van der Waals surface area contributed by atoms with Crippen LogP contribution in [0.3, 0.4) is 0 Å². The van der Waals surface area contributed by atoms with E-state index in [2.05, 4.69) is 31.0 Å². The first-order chi connectivity index (χ1) is 13.2. The second-order valence-electron chi connectivity index (χ2n) is 7.73. The SMILES string of the molecule is CCCCCCCCC#CCCCCCCCC(=O)N[C@@H](CO)CCCC. The van der Waals surface area contributed by atoms with E-state index >= 15 is 0 Å². The van der Waals surface area contributed by atoms with Gasteiger partial charge in [-0.2, -0.15) is 0 Å². The first kappa shape index (κ1) is 26.0. The highest BCUT2D eigenvalue weighted by Crippen LogP contribution is 2.08. The summed E-state index contributed by atoms with van der Waals surface area (Å²) in [6.45, 7) is 4.42. The molecule has 0 aliphatic heterocycles. The zero-order chi connectivity index (χ0) is 20.0. The predicted molar refractivity (Wildman–Crippen MR) is 117 cm³/mol. The van der Waals surface area contributed by atoms with Gasteiger partial charge in [-0.1, -0.05) is 78.1 Å². The van der Waals surface area contributed by atoms with E-state index in [1.807, 2.05) is 0 Å². The lowest BCUT2D eigenvalue weighted by atomic mass is 10.1. The van der Waals surface area contributed by atoms with Crippen LogP contribution in [0.25, 0.3) is 0 Å². The maximum absolute atomic E-state index is 11.9. The van der Waals surface area contributed by atoms with E-state index in [1.165, 1.54) is 57.8 Å². The van der Waals surface area contributed by atoms with Crippen molar-refractivity contribution in [1.82, 2.24) is 5.32 Å². The van der Waals surface area contributed by atoms with Crippen molar-refractivity contribution in [2.24, 2.45) is 0 Å². The van der Waals surface area contributed by atoms with Gasteiger partial charge in [0.25, 0.3) is 0 Å². The molecule has 1 amide bonds. The number of carbonyl (C=O) groups is 1. The molecule has 0 fully saturated rings. The molecule has 0 bridgehead atoms. The number of aliphatic hydroxyl groups is 1. The molecule has 0 aromatic rings. The first-order valence-corrected chi connectivity index (χ1v) is 11.6. The van der Waals surface area contributed by atoms with E-state index in [4.69, 9.17) is 0 Å². The van der Waals surface area contributed by atoms with Crippen LogP contribution in [0.2, 0.25) is 0 Å². The molecule has 1 atom stereocenters. The summed E-state index contributed by atoms with van der Waals surface area (Å²) >= 11 is 0. The van der Waals surface area contributed by atoms with E-state index in [1.54, 1.807) is 0 Å². The summed E-state index contributed by atoms with van der Waals surface area (Å²) in [4.78, 5) is 11.9. The molecule has 158 valence electrons. The molecule has 3 heteroatoms. The van der Waals surface area contributed by atoms with Crippen molar-refractivity contribution in [2.75, 3.05) is 6.61 Å². The summed E-state index contributed by atoms with van der Waals surface area (Å²) < 4.78 is 0. The van der Waals surface area contributed by atoms with Crippen molar-refractivity contribution in [1.29, 1.82) is 0 Å². The minimum absolute atomic E-state index is 0.0473. The maximum atomic E-state index is 11.9. The minimum Gasteiger partial charge on any atom is -0.394 e. The van der Waals surface area contributed by atoms with Crippen LogP contribution in [0.4, 0.5) is 0 Å². The summed E-state index contributed by atoms with van der Waals surface area (Å²) in [6, 6.07) is -0.0626. The minimum atomic E-state index is -0.0626. The van der Waals surface area contributed by atoms with Crippen LogP contribution in [-0.4, -0.2) is 23.7 Å². The third-order valence-electron chi connectivity index (χ3n) is 4.98. The Kier molecular flexibility index (Phi) is 20.5. The molecule has 0 rings (SSSR count). The molecule has 0 spiro atoms. The predicted octanol–water partition coefficient (Wildman–Crippen LogP) is 6.14. The van der Waals surface area contributed by atoms with E-state index < -0.39 is 0 Å². The summed E-state index contributed by atoms with van der Waals surface area (Å²) in [5, 5.41) is 12.2. The van der Waals surface area contributed by atoms with Crippen LogP contribution in [0.1, 0.15) is 123 Å². The molecule has 0 radical (unpaired) electrons. The number of carbonyl (C=O) groups excluding carboxylic acids is 1. The van der Waals surface area contributed by atoms with Gasteiger partial charge in [-0.3, -0.25) is 4.79 Å². The number of amides is 1. The third-order valence-corrected chi connectivity index (χ3v) is 4.98. The van der Waals surface area contributed by atoms with Gasteiger partial charge in [0.1, 0.15) is 0 Å². The van der Waals surface area contributed by atoms with Crippen molar-refractivity contribution >= 4 is 5.91 Å². The lowest BCUT2D eigenvalue weighted by molar-refractivity contribution is -0.122. The number of unbranched alkanes of at least 4 members (excludes halogenated alkanes) is 12. The van der Waals surface area contributed by atoms with E-state index in [-0.39, 0.29) is 18.6 Å². The Balaban J connectivity index is 3.39. The monoisotopic (exact) mass is 379 g/mol. The fourth-order valence-electron chi connectivity index (χ4n) is 3.16. The smallest absolute Gasteiger partial charge is 0.220 e. The molecule has 0 aliphatic carbocycles. The zero-order valence-electron chi connectivity index (χ0n) is 18.2. The number of nitrogens with one attached hydrogen (secondary N) is 1. The topological polar surface area (TPSA) is 49.3 Å². The molecule has 2 N–H and O–H groups in total. The van der Waals surface area contributed by atoms with Crippen LogP contribution in [0, 0.1) is 11.8 Å². The van der Waals surface area contributed by atoms with Crippen molar-refractivity contribution in [2.45, 2.75) is 129 Å².